The minimum absolute atomic E-state index is 0.000177. The highest BCUT2D eigenvalue weighted by Crippen LogP contribution is 2.32. The summed E-state index contributed by atoms with van der Waals surface area (Å²) in [5.41, 5.74) is 2.06. The SMILES string of the molecule is C[C@@H]1CCCN(c2ccc(C(=O)NCCc3ccccc3)cc2[N+](=O)[O-])C1. The van der Waals surface area contributed by atoms with Crippen molar-refractivity contribution in [3.8, 4) is 0 Å². The zero-order valence-corrected chi connectivity index (χ0v) is 15.6. The first kappa shape index (κ1) is 18.9. The topological polar surface area (TPSA) is 75.5 Å². The summed E-state index contributed by atoms with van der Waals surface area (Å²) >= 11 is 0. The van der Waals surface area contributed by atoms with E-state index in [4.69, 9.17) is 0 Å². The van der Waals surface area contributed by atoms with E-state index < -0.39 is 4.92 Å². The van der Waals surface area contributed by atoms with Crippen molar-refractivity contribution in [3.63, 3.8) is 0 Å². The fraction of sp³-hybridized carbons (Fsp3) is 0.381. The Kier molecular flexibility index (Phi) is 6.06. The maximum Gasteiger partial charge on any atom is 0.293 e. The number of nitrogens with zero attached hydrogens (tertiary/aromatic N) is 2. The van der Waals surface area contributed by atoms with Gasteiger partial charge in [0.05, 0.1) is 4.92 Å². The number of piperidine rings is 1. The molecular weight excluding hydrogens is 342 g/mol. The molecule has 2 aromatic rings. The quantitative estimate of drug-likeness (QED) is 0.622. The van der Waals surface area contributed by atoms with Gasteiger partial charge < -0.3 is 10.2 Å². The Balaban J connectivity index is 1.69. The lowest BCUT2D eigenvalue weighted by molar-refractivity contribution is -0.384. The van der Waals surface area contributed by atoms with Gasteiger partial charge in [-0.2, -0.15) is 0 Å². The molecule has 142 valence electrons. The fourth-order valence-electron chi connectivity index (χ4n) is 3.55. The van der Waals surface area contributed by atoms with E-state index in [9.17, 15) is 14.9 Å². The molecule has 0 aromatic heterocycles. The third-order valence-corrected chi connectivity index (χ3v) is 4.97. The van der Waals surface area contributed by atoms with Crippen LogP contribution in [-0.2, 0) is 6.42 Å². The molecule has 3 rings (SSSR count). The number of hydrogen-bond acceptors (Lipinski definition) is 4. The summed E-state index contributed by atoms with van der Waals surface area (Å²) in [4.78, 5) is 25.6. The van der Waals surface area contributed by atoms with Gasteiger partial charge in [-0.25, -0.2) is 0 Å². The highest BCUT2D eigenvalue weighted by molar-refractivity contribution is 5.95. The number of nitrogens with one attached hydrogen (secondary N) is 1. The molecule has 1 fully saturated rings. The van der Waals surface area contributed by atoms with Crippen LogP contribution in [0.15, 0.2) is 48.5 Å². The third kappa shape index (κ3) is 4.84. The van der Waals surface area contributed by atoms with Gasteiger partial charge in [0.25, 0.3) is 11.6 Å². The van der Waals surface area contributed by atoms with Gasteiger partial charge in [0.1, 0.15) is 5.69 Å². The number of carbonyl (C=O) groups is 1. The monoisotopic (exact) mass is 367 g/mol. The van der Waals surface area contributed by atoms with Gasteiger partial charge in [0, 0.05) is 31.3 Å². The van der Waals surface area contributed by atoms with E-state index in [1.54, 1.807) is 12.1 Å². The van der Waals surface area contributed by atoms with Crippen LogP contribution in [0.4, 0.5) is 11.4 Å². The molecule has 6 nitrogen and oxygen atoms in total. The van der Waals surface area contributed by atoms with Gasteiger partial charge in [-0.05, 0) is 42.9 Å². The minimum atomic E-state index is -0.393. The molecule has 6 heteroatoms. The number of benzene rings is 2. The zero-order chi connectivity index (χ0) is 19.2. The van der Waals surface area contributed by atoms with E-state index in [-0.39, 0.29) is 11.6 Å². The summed E-state index contributed by atoms with van der Waals surface area (Å²) in [7, 11) is 0. The Morgan fingerprint density at radius 3 is 2.74 bits per heavy atom. The summed E-state index contributed by atoms with van der Waals surface area (Å²) in [5.74, 6) is 0.229. The second-order valence-electron chi connectivity index (χ2n) is 7.15. The predicted molar refractivity (Wildman–Crippen MR) is 106 cm³/mol. The Hall–Kier alpha value is -2.89. The van der Waals surface area contributed by atoms with Crippen LogP contribution in [0.3, 0.4) is 0 Å². The second kappa shape index (κ2) is 8.66. The number of carbonyl (C=O) groups excluding carboxylic acids is 1. The van der Waals surface area contributed by atoms with Crippen LogP contribution >= 0.6 is 0 Å². The number of hydrogen-bond donors (Lipinski definition) is 1. The van der Waals surface area contributed by atoms with E-state index in [0.29, 0.717) is 23.7 Å². The van der Waals surface area contributed by atoms with Crippen LogP contribution < -0.4 is 10.2 Å². The first-order valence-corrected chi connectivity index (χ1v) is 9.40. The normalized spacial score (nSPS) is 16.8. The van der Waals surface area contributed by atoms with Crippen molar-refractivity contribution < 1.29 is 9.72 Å². The van der Waals surface area contributed by atoms with E-state index in [1.807, 2.05) is 30.3 Å². The molecule has 1 atom stereocenters. The Morgan fingerprint density at radius 1 is 1.26 bits per heavy atom. The first-order valence-electron chi connectivity index (χ1n) is 9.40. The molecule has 1 heterocycles. The number of amides is 1. The molecule has 2 aromatic carbocycles. The molecule has 27 heavy (non-hydrogen) atoms. The van der Waals surface area contributed by atoms with Crippen LogP contribution in [-0.4, -0.2) is 30.5 Å². The Morgan fingerprint density at radius 2 is 2.04 bits per heavy atom. The summed E-state index contributed by atoms with van der Waals surface area (Å²) in [6.45, 7) is 4.27. The van der Waals surface area contributed by atoms with Crippen molar-refractivity contribution in [1.29, 1.82) is 0 Å². The van der Waals surface area contributed by atoms with Gasteiger partial charge in [0.15, 0.2) is 0 Å². The van der Waals surface area contributed by atoms with E-state index in [2.05, 4.69) is 17.1 Å². The molecule has 0 unspecified atom stereocenters. The van der Waals surface area contributed by atoms with Gasteiger partial charge in [0.2, 0.25) is 0 Å². The lowest BCUT2D eigenvalue weighted by Gasteiger charge is -2.32. The summed E-state index contributed by atoms with van der Waals surface area (Å²) in [6, 6.07) is 14.7. The van der Waals surface area contributed by atoms with Crippen LogP contribution in [0.2, 0.25) is 0 Å². The van der Waals surface area contributed by atoms with Crippen molar-refractivity contribution in [2.75, 3.05) is 24.5 Å². The molecule has 0 bridgehead atoms. The largest absolute Gasteiger partial charge is 0.366 e. The molecular formula is C21H25N3O3. The summed E-state index contributed by atoms with van der Waals surface area (Å²) < 4.78 is 0. The van der Waals surface area contributed by atoms with E-state index >= 15 is 0 Å². The van der Waals surface area contributed by atoms with Crippen LogP contribution in [0.1, 0.15) is 35.7 Å². The zero-order valence-electron chi connectivity index (χ0n) is 15.6. The Labute approximate surface area is 159 Å². The maximum absolute atomic E-state index is 12.4. The first-order chi connectivity index (χ1) is 13.0. The predicted octanol–water partition coefficient (Wildman–Crippen LogP) is 3.80. The molecule has 1 aliphatic rings. The molecule has 1 N–H and O–H groups in total. The second-order valence-corrected chi connectivity index (χ2v) is 7.15. The van der Waals surface area contributed by atoms with Crippen molar-refractivity contribution >= 4 is 17.3 Å². The fourth-order valence-corrected chi connectivity index (χ4v) is 3.55. The number of nitro groups is 1. The molecule has 0 radical (unpaired) electrons. The van der Waals surface area contributed by atoms with Crippen LogP contribution in [0.5, 0.6) is 0 Å². The highest BCUT2D eigenvalue weighted by Gasteiger charge is 2.25. The van der Waals surface area contributed by atoms with Gasteiger partial charge in [-0.1, -0.05) is 37.3 Å². The van der Waals surface area contributed by atoms with Crippen molar-refractivity contribution in [2.24, 2.45) is 5.92 Å². The lowest BCUT2D eigenvalue weighted by atomic mass is 9.99. The van der Waals surface area contributed by atoms with Crippen molar-refractivity contribution in [1.82, 2.24) is 5.32 Å². The molecule has 1 aliphatic heterocycles. The standard InChI is InChI=1S/C21H25N3O3/c1-16-6-5-13-23(15-16)19-10-9-18(14-20(19)24(26)27)21(25)22-12-11-17-7-3-2-4-8-17/h2-4,7-10,14,16H,5-6,11-13,15H2,1H3,(H,22,25)/t16-/m1/s1. The molecule has 0 spiro atoms. The van der Waals surface area contributed by atoms with E-state index in [0.717, 1.165) is 37.9 Å². The highest BCUT2D eigenvalue weighted by atomic mass is 16.6. The molecule has 0 saturated carbocycles. The average molecular weight is 367 g/mol. The van der Waals surface area contributed by atoms with Gasteiger partial charge in [-0.15, -0.1) is 0 Å². The average Bonchev–Trinajstić information content (AvgIpc) is 2.68. The van der Waals surface area contributed by atoms with Crippen LogP contribution in [0, 0.1) is 16.0 Å². The van der Waals surface area contributed by atoms with Gasteiger partial charge in [-0.3, -0.25) is 14.9 Å². The molecule has 1 amide bonds. The smallest absolute Gasteiger partial charge is 0.293 e. The van der Waals surface area contributed by atoms with Gasteiger partial charge >= 0.3 is 0 Å². The number of rotatable bonds is 6. The minimum Gasteiger partial charge on any atom is -0.366 e. The molecule has 1 saturated heterocycles. The number of anilines is 1. The number of nitro benzene ring substituents is 1. The van der Waals surface area contributed by atoms with E-state index in [1.165, 1.54) is 6.07 Å². The summed E-state index contributed by atoms with van der Waals surface area (Å²) in [5, 5.41) is 14.4. The van der Waals surface area contributed by atoms with Crippen LogP contribution in [0.25, 0.3) is 0 Å². The van der Waals surface area contributed by atoms with Crippen molar-refractivity contribution in [3.05, 3.63) is 69.8 Å². The lowest BCUT2D eigenvalue weighted by Crippen LogP contribution is -2.34. The van der Waals surface area contributed by atoms with Crippen molar-refractivity contribution in [2.45, 2.75) is 26.2 Å². The third-order valence-electron chi connectivity index (χ3n) is 4.97. The maximum atomic E-state index is 12.4. The summed E-state index contributed by atoms with van der Waals surface area (Å²) in [6.07, 6.45) is 2.89. The Bertz CT molecular complexity index is 808. The molecule has 0 aliphatic carbocycles.